The Hall–Kier alpha value is -0.800. The molecule has 1 N–H and O–H groups in total. The van der Waals surface area contributed by atoms with Crippen molar-refractivity contribution in [2.24, 2.45) is 0 Å². The first-order valence-corrected chi connectivity index (χ1v) is 6.26. The smallest absolute Gasteiger partial charge is 0.250 e. The Balaban J connectivity index is 1.84. The van der Waals surface area contributed by atoms with Gasteiger partial charge in [0.15, 0.2) is 0 Å². The third-order valence-electron chi connectivity index (χ3n) is 3.32. The summed E-state index contributed by atoms with van der Waals surface area (Å²) in [7, 11) is 0. The van der Waals surface area contributed by atoms with E-state index in [1.807, 2.05) is 12.3 Å². The maximum absolute atomic E-state index is 11.4. The Labute approximate surface area is 100 Å². The van der Waals surface area contributed by atoms with E-state index in [0.29, 0.717) is 12.4 Å². The van der Waals surface area contributed by atoms with Crippen molar-refractivity contribution in [3.8, 4) is 0 Å². The van der Waals surface area contributed by atoms with Gasteiger partial charge in [0.25, 0.3) is 5.56 Å². The number of aromatic nitrogens is 1. The minimum absolute atomic E-state index is 0.0535. The number of nitrogens with one attached hydrogen (secondary N) is 1. The van der Waals surface area contributed by atoms with Crippen molar-refractivity contribution in [3.05, 3.63) is 34.7 Å². The van der Waals surface area contributed by atoms with E-state index in [9.17, 15) is 4.79 Å². The van der Waals surface area contributed by atoms with Gasteiger partial charge in [0.2, 0.25) is 0 Å². The molecule has 1 fully saturated rings. The zero-order valence-electron chi connectivity index (χ0n) is 9.29. The maximum Gasteiger partial charge on any atom is 0.250 e. The molecule has 1 aliphatic rings. The van der Waals surface area contributed by atoms with Crippen LogP contribution in [-0.2, 0) is 6.54 Å². The SMILES string of the molecule is O=c1ccccn1CCNC1(CCl)CCC1. The third-order valence-corrected chi connectivity index (χ3v) is 3.83. The second-order valence-corrected chi connectivity index (χ2v) is 4.69. The first-order valence-electron chi connectivity index (χ1n) is 5.72. The number of alkyl halides is 1. The minimum Gasteiger partial charge on any atom is -0.314 e. The Morgan fingerprint density at radius 2 is 2.25 bits per heavy atom. The summed E-state index contributed by atoms with van der Waals surface area (Å²) in [5.41, 5.74) is 0.192. The standard InChI is InChI=1S/C12H17ClN2O/c13-10-12(5-3-6-12)14-7-9-15-8-2-1-4-11(15)16/h1-2,4,8,14H,3,5-7,9-10H2. The monoisotopic (exact) mass is 240 g/mol. The second-order valence-electron chi connectivity index (χ2n) is 4.43. The minimum atomic E-state index is 0.0535. The van der Waals surface area contributed by atoms with Gasteiger partial charge in [0.05, 0.1) is 0 Å². The zero-order valence-corrected chi connectivity index (χ0v) is 10.0. The Kier molecular flexibility index (Phi) is 3.66. The molecule has 1 aromatic heterocycles. The quantitative estimate of drug-likeness (QED) is 0.794. The largest absolute Gasteiger partial charge is 0.314 e. The van der Waals surface area contributed by atoms with Crippen LogP contribution in [-0.4, -0.2) is 22.5 Å². The normalized spacial score (nSPS) is 18.1. The molecule has 0 spiro atoms. The lowest BCUT2D eigenvalue weighted by atomic mass is 9.78. The van der Waals surface area contributed by atoms with Crippen LogP contribution in [0.15, 0.2) is 29.2 Å². The molecule has 1 saturated carbocycles. The van der Waals surface area contributed by atoms with E-state index in [1.165, 1.54) is 6.42 Å². The lowest BCUT2D eigenvalue weighted by Gasteiger charge is -2.41. The van der Waals surface area contributed by atoms with Crippen molar-refractivity contribution in [1.29, 1.82) is 0 Å². The molecule has 1 aromatic rings. The van der Waals surface area contributed by atoms with Gasteiger partial charge in [-0.1, -0.05) is 6.07 Å². The van der Waals surface area contributed by atoms with Crippen LogP contribution in [0.25, 0.3) is 0 Å². The molecule has 88 valence electrons. The Morgan fingerprint density at radius 3 is 2.81 bits per heavy atom. The van der Waals surface area contributed by atoms with Crippen LogP contribution in [0.3, 0.4) is 0 Å². The summed E-state index contributed by atoms with van der Waals surface area (Å²) < 4.78 is 1.72. The molecule has 0 aliphatic heterocycles. The van der Waals surface area contributed by atoms with Crippen molar-refractivity contribution >= 4 is 11.6 Å². The molecule has 0 aromatic carbocycles. The zero-order chi connectivity index (χ0) is 11.4. The molecule has 2 rings (SSSR count). The van der Waals surface area contributed by atoms with E-state index >= 15 is 0 Å². The van der Waals surface area contributed by atoms with Crippen LogP contribution < -0.4 is 10.9 Å². The number of halogens is 1. The molecule has 0 radical (unpaired) electrons. The van der Waals surface area contributed by atoms with Crippen LogP contribution in [0.2, 0.25) is 0 Å². The van der Waals surface area contributed by atoms with Gasteiger partial charge in [-0.2, -0.15) is 0 Å². The van der Waals surface area contributed by atoms with E-state index in [1.54, 1.807) is 16.7 Å². The Bertz CT molecular complexity index is 392. The first-order chi connectivity index (χ1) is 7.76. The molecular formula is C12H17ClN2O. The van der Waals surface area contributed by atoms with E-state index in [0.717, 1.165) is 19.4 Å². The van der Waals surface area contributed by atoms with Crippen LogP contribution in [0.5, 0.6) is 0 Å². The summed E-state index contributed by atoms with van der Waals surface area (Å²) in [6.45, 7) is 1.51. The number of hydrogen-bond donors (Lipinski definition) is 1. The van der Waals surface area contributed by atoms with Gasteiger partial charge >= 0.3 is 0 Å². The average molecular weight is 241 g/mol. The first kappa shape index (κ1) is 11.7. The fraction of sp³-hybridized carbons (Fsp3) is 0.583. The van der Waals surface area contributed by atoms with Gasteiger partial charge in [-0.3, -0.25) is 4.79 Å². The predicted molar refractivity (Wildman–Crippen MR) is 66.0 cm³/mol. The number of nitrogens with zero attached hydrogens (tertiary/aromatic N) is 1. The van der Waals surface area contributed by atoms with Crippen LogP contribution in [0, 0.1) is 0 Å². The van der Waals surface area contributed by atoms with E-state index in [4.69, 9.17) is 11.6 Å². The molecule has 0 atom stereocenters. The van der Waals surface area contributed by atoms with Crippen molar-refractivity contribution in [2.75, 3.05) is 12.4 Å². The van der Waals surface area contributed by atoms with Gasteiger partial charge in [-0.25, -0.2) is 0 Å². The summed E-state index contributed by atoms with van der Waals surface area (Å²) in [6, 6.07) is 5.22. The molecule has 0 unspecified atom stereocenters. The molecule has 1 aliphatic carbocycles. The van der Waals surface area contributed by atoms with Crippen molar-refractivity contribution < 1.29 is 0 Å². The molecule has 4 heteroatoms. The number of hydrogen-bond acceptors (Lipinski definition) is 2. The van der Waals surface area contributed by atoms with Gasteiger partial charge in [-0.05, 0) is 25.3 Å². The lowest BCUT2D eigenvalue weighted by Crippen LogP contribution is -2.53. The maximum atomic E-state index is 11.4. The van der Waals surface area contributed by atoms with Crippen molar-refractivity contribution in [2.45, 2.75) is 31.3 Å². The third kappa shape index (κ3) is 2.47. The van der Waals surface area contributed by atoms with Crippen molar-refractivity contribution in [3.63, 3.8) is 0 Å². The fourth-order valence-electron chi connectivity index (χ4n) is 2.05. The summed E-state index contributed by atoms with van der Waals surface area (Å²) in [5.74, 6) is 0.663. The summed E-state index contributed by atoms with van der Waals surface area (Å²) >= 11 is 5.94. The lowest BCUT2D eigenvalue weighted by molar-refractivity contribution is 0.211. The van der Waals surface area contributed by atoms with Gasteiger partial charge < -0.3 is 9.88 Å². The summed E-state index contributed by atoms with van der Waals surface area (Å²) in [4.78, 5) is 11.4. The molecule has 1 heterocycles. The summed E-state index contributed by atoms with van der Waals surface area (Å²) in [6.07, 6.45) is 5.38. The Morgan fingerprint density at radius 1 is 1.44 bits per heavy atom. The molecule has 0 saturated heterocycles. The van der Waals surface area contributed by atoms with E-state index in [-0.39, 0.29) is 11.1 Å². The van der Waals surface area contributed by atoms with E-state index < -0.39 is 0 Å². The van der Waals surface area contributed by atoms with Gasteiger partial charge in [0, 0.05) is 36.8 Å². The summed E-state index contributed by atoms with van der Waals surface area (Å²) in [5, 5.41) is 3.47. The van der Waals surface area contributed by atoms with Gasteiger partial charge in [0.1, 0.15) is 0 Å². The highest BCUT2D eigenvalue weighted by molar-refractivity contribution is 6.18. The second kappa shape index (κ2) is 5.02. The molecule has 16 heavy (non-hydrogen) atoms. The average Bonchev–Trinajstić information content (AvgIpc) is 2.25. The fourth-order valence-corrected chi connectivity index (χ4v) is 2.41. The van der Waals surface area contributed by atoms with Crippen LogP contribution >= 0.6 is 11.6 Å². The van der Waals surface area contributed by atoms with Crippen LogP contribution in [0.4, 0.5) is 0 Å². The number of pyridine rings is 1. The van der Waals surface area contributed by atoms with Gasteiger partial charge in [-0.15, -0.1) is 11.6 Å². The number of rotatable bonds is 5. The predicted octanol–water partition coefficient (Wildman–Crippen LogP) is 1.60. The highest BCUT2D eigenvalue weighted by atomic mass is 35.5. The molecule has 0 amide bonds. The topological polar surface area (TPSA) is 34.0 Å². The molecular weight excluding hydrogens is 224 g/mol. The molecule has 0 bridgehead atoms. The van der Waals surface area contributed by atoms with E-state index in [2.05, 4.69) is 5.32 Å². The highest BCUT2D eigenvalue weighted by Crippen LogP contribution is 2.32. The van der Waals surface area contributed by atoms with Crippen LogP contribution in [0.1, 0.15) is 19.3 Å². The van der Waals surface area contributed by atoms with Crippen molar-refractivity contribution in [1.82, 2.24) is 9.88 Å². The molecule has 3 nitrogen and oxygen atoms in total. The highest BCUT2D eigenvalue weighted by Gasteiger charge is 2.35.